The van der Waals surface area contributed by atoms with Gasteiger partial charge in [0.1, 0.15) is 6.26 Å². The summed E-state index contributed by atoms with van der Waals surface area (Å²) in [6.07, 6.45) is 1.90. The first-order valence-corrected chi connectivity index (χ1v) is 11.2. The molecule has 0 saturated carbocycles. The highest BCUT2D eigenvalue weighted by Crippen LogP contribution is 2.36. The van der Waals surface area contributed by atoms with Crippen molar-refractivity contribution in [1.82, 2.24) is 9.97 Å². The van der Waals surface area contributed by atoms with Crippen molar-refractivity contribution in [1.29, 1.82) is 0 Å². The molecular weight excluding hydrogens is 434 g/mol. The third-order valence-corrected chi connectivity index (χ3v) is 5.16. The largest absolute Gasteiger partial charge is 0.461 e. The minimum absolute atomic E-state index is 0.0289. The lowest BCUT2D eigenvalue weighted by molar-refractivity contribution is 0.0519. The van der Waals surface area contributed by atoms with Crippen LogP contribution < -0.4 is 16.4 Å². The van der Waals surface area contributed by atoms with E-state index in [0.717, 1.165) is 40.6 Å². The maximum atomic E-state index is 12.8. The first-order chi connectivity index (χ1) is 16.2. The number of nitrogens with zero attached hydrogens (tertiary/aromatic N) is 2. The second kappa shape index (κ2) is 10.9. The average molecular weight is 466 g/mol. The van der Waals surface area contributed by atoms with E-state index in [1.165, 1.54) is 0 Å². The van der Waals surface area contributed by atoms with Crippen LogP contribution in [0, 0.1) is 19.8 Å². The van der Waals surface area contributed by atoms with Gasteiger partial charge in [0.25, 0.3) is 0 Å². The Bertz CT molecular complexity index is 1170. The van der Waals surface area contributed by atoms with E-state index in [1.54, 1.807) is 6.92 Å². The first-order valence-electron chi connectivity index (χ1n) is 11.2. The van der Waals surface area contributed by atoms with Crippen molar-refractivity contribution in [2.24, 2.45) is 11.7 Å². The highest BCUT2D eigenvalue weighted by Gasteiger charge is 2.22. The van der Waals surface area contributed by atoms with Crippen LogP contribution in [0.15, 0.2) is 34.9 Å². The number of oxazole rings is 1. The Hall–Kier alpha value is -3.72. The minimum Gasteiger partial charge on any atom is -0.461 e. The Morgan fingerprint density at radius 3 is 2.44 bits per heavy atom. The predicted molar refractivity (Wildman–Crippen MR) is 131 cm³/mol. The molecule has 0 aliphatic rings. The number of hydrogen-bond acceptors (Lipinski definition) is 7. The molecule has 0 saturated heterocycles. The highest BCUT2D eigenvalue weighted by atomic mass is 16.5. The summed E-state index contributed by atoms with van der Waals surface area (Å²) in [5, 5.41) is 5.39. The van der Waals surface area contributed by atoms with Gasteiger partial charge in [-0.15, -0.1) is 0 Å². The van der Waals surface area contributed by atoms with Crippen molar-refractivity contribution >= 4 is 23.7 Å². The van der Waals surface area contributed by atoms with Crippen LogP contribution in [-0.2, 0) is 17.7 Å². The van der Waals surface area contributed by atoms with E-state index < -0.39 is 12.0 Å². The van der Waals surface area contributed by atoms with Crippen LogP contribution in [0.5, 0.6) is 0 Å². The van der Waals surface area contributed by atoms with Gasteiger partial charge in [0.2, 0.25) is 0 Å². The number of esters is 1. The molecule has 0 atom stereocenters. The maximum Gasteiger partial charge on any atom is 0.360 e. The van der Waals surface area contributed by atoms with Gasteiger partial charge in [-0.1, -0.05) is 43.7 Å². The number of anilines is 2. The summed E-state index contributed by atoms with van der Waals surface area (Å²) < 4.78 is 10.1. The van der Waals surface area contributed by atoms with Crippen LogP contribution in [0.4, 0.5) is 16.5 Å². The average Bonchev–Trinajstić information content (AvgIpc) is 3.24. The van der Waals surface area contributed by atoms with E-state index in [0.29, 0.717) is 17.3 Å². The molecule has 180 valence electrons. The Balaban J connectivity index is 1.97. The highest BCUT2D eigenvalue weighted by molar-refractivity contribution is 6.02. The second-order valence-electron chi connectivity index (χ2n) is 8.38. The third-order valence-electron chi connectivity index (χ3n) is 5.16. The number of urea groups is 1. The van der Waals surface area contributed by atoms with E-state index in [2.05, 4.69) is 29.5 Å². The lowest BCUT2D eigenvalue weighted by Gasteiger charge is -2.21. The van der Waals surface area contributed by atoms with Crippen LogP contribution in [0.3, 0.4) is 0 Å². The van der Waals surface area contributed by atoms with Crippen molar-refractivity contribution in [3.8, 4) is 11.1 Å². The quantitative estimate of drug-likeness (QED) is 0.406. The number of hydrogen-bond donors (Lipinski definition) is 3. The molecule has 0 aliphatic heterocycles. The summed E-state index contributed by atoms with van der Waals surface area (Å²) in [7, 11) is 0. The monoisotopic (exact) mass is 465 g/mol. The van der Waals surface area contributed by atoms with Crippen LogP contribution >= 0.6 is 0 Å². The van der Waals surface area contributed by atoms with E-state index in [1.807, 2.05) is 38.1 Å². The number of nitrogens with two attached hydrogens (primary N) is 1. The summed E-state index contributed by atoms with van der Waals surface area (Å²) >= 11 is 0. The summed E-state index contributed by atoms with van der Waals surface area (Å²) in [5.41, 5.74) is 12.1. The number of benzene rings is 1. The molecule has 0 spiro atoms. The van der Waals surface area contributed by atoms with Gasteiger partial charge < -0.3 is 20.2 Å². The molecule has 1 aromatic carbocycles. The van der Waals surface area contributed by atoms with Crippen LogP contribution in [0.1, 0.15) is 53.8 Å². The topological polar surface area (TPSA) is 132 Å². The molecular formula is C25H31N5O4. The van der Waals surface area contributed by atoms with Gasteiger partial charge in [-0.05, 0) is 44.2 Å². The Morgan fingerprint density at radius 2 is 1.82 bits per heavy atom. The fourth-order valence-electron chi connectivity index (χ4n) is 3.64. The smallest absolute Gasteiger partial charge is 0.360 e. The number of carbonyl (C=O) groups is 2. The number of aryl methyl sites for hydroxylation is 2. The molecule has 3 aromatic rings. The molecule has 0 aliphatic carbocycles. The number of ether oxygens (including phenoxy) is 1. The zero-order chi connectivity index (χ0) is 24.8. The maximum absolute atomic E-state index is 12.8. The number of carbonyl (C=O) groups excluding carboxylic acids is 2. The van der Waals surface area contributed by atoms with E-state index in [4.69, 9.17) is 19.9 Å². The molecule has 4 N–H and O–H groups in total. The van der Waals surface area contributed by atoms with E-state index >= 15 is 0 Å². The number of amides is 2. The molecule has 2 heterocycles. The molecule has 34 heavy (non-hydrogen) atoms. The summed E-state index contributed by atoms with van der Waals surface area (Å²) in [5.74, 6) is -0.237. The number of nitrogens with one attached hydrogen (secondary N) is 2. The Morgan fingerprint density at radius 1 is 1.12 bits per heavy atom. The molecule has 0 bridgehead atoms. The molecule has 3 rings (SSSR count). The summed E-state index contributed by atoms with van der Waals surface area (Å²) in [6, 6.07) is 7.33. The number of aromatic nitrogens is 2. The molecule has 0 fully saturated rings. The molecule has 9 nitrogen and oxygen atoms in total. The van der Waals surface area contributed by atoms with Gasteiger partial charge in [-0.25, -0.2) is 9.59 Å². The lowest BCUT2D eigenvalue weighted by atomic mass is 9.92. The standard InChI is InChI=1S/C25H31N5O4/c1-6-33-23(31)20-13-34-25(28-20)30-24(32)29-22-16(5)27-19(11-14(2)3)18(12-26)21(22)17-9-7-15(4)8-10-17/h7-10,13-14H,6,11-12,26H2,1-5H3,(H2,28,29,30,32). The Labute approximate surface area is 199 Å². The van der Waals surface area contributed by atoms with Crippen molar-refractivity contribution in [3.05, 3.63) is 58.7 Å². The van der Waals surface area contributed by atoms with Gasteiger partial charge in [-0.3, -0.25) is 10.3 Å². The van der Waals surface area contributed by atoms with Crippen molar-refractivity contribution in [3.63, 3.8) is 0 Å². The van der Waals surface area contributed by atoms with Gasteiger partial charge in [0, 0.05) is 17.8 Å². The van der Waals surface area contributed by atoms with Crippen LogP contribution in [0.2, 0.25) is 0 Å². The first kappa shape index (κ1) is 24.9. The fourth-order valence-corrected chi connectivity index (χ4v) is 3.64. The molecule has 9 heteroatoms. The van der Waals surface area contributed by atoms with Crippen molar-refractivity contribution in [2.75, 3.05) is 17.2 Å². The zero-order valence-corrected chi connectivity index (χ0v) is 20.2. The summed E-state index contributed by atoms with van der Waals surface area (Å²) in [4.78, 5) is 33.4. The zero-order valence-electron chi connectivity index (χ0n) is 20.2. The van der Waals surface area contributed by atoms with Crippen LogP contribution in [0.25, 0.3) is 11.1 Å². The minimum atomic E-state index is -0.630. The molecule has 0 unspecified atom stereocenters. The van der Waals surface area contributed by atoms with Crippen molar-refractivity contribution in [2.45, 2.75) is 47.6 Å². The van der Waals surface area contributed by atoms with Gasteiger partial charge in [0.15, 0.2) is 5.69 Å². The molecule has 0 radical (unpaired) electrons. The van der Waals surface area contributed by atoms with Gasteiger partial charge in [-0.2, -0.15) is 4.98 Å². The normalized spacial score (nSPS) is 10.9. The number of pyridine rings is 1. The second-order valence-corrected chi connectivity index (χ2v) is 8.38. The van der Waals surface area contributed by atoms with Gasteiger partial charge >= 0.3 is 18.0 Å². The Kier molecular flexibility index (Phi) is 8.01. The summed E-state index contributed by atoms with van der Waals surface area (Å²) in [6.45, 7) is 10.3. The third kappa shape index (κ3) is 5.79. The SMILES string of the molecule is CCOC(=O)c1coc(NC(=O)Nc2c(C)nc(CC(C)C)c(CN)c2-c2ccc(C)cc2)n1. The molecule has 2 aromatic heterocycles. The van der Waals surface area contributed by atoms with E-state index in [9.17, 15) is 9.59 Å². The van der Waals surface area contributed by atoms with E-state index in [-0.39, 0.29) is 24.9 Å². The lowest BCUT2D eigenvalue weighted by Crippen LogP contribution is -2.22. The predicted octanol–water partition coefficient (Wildman–Crippen LogP) is 4.83. The van der Waals surface area contributed by atoms with Gasteiger partial charge in [0.05, 0.1) is 18.0 Å². The fraction of sp³-hybridized carbons (Fsp3) is 0.360. The molecule has 2 amide bonds. The van der Waals surface area contributed by atoms with Crippen molar-refractivity contribution < 1.29 is 18.7 Å². The number of rotatable bonds is 8. The van der Waals surface area contributed by atoms with Crippen LogP contribution in [-0.4, -0.2) is 28.6 Å².